The van der Waals surface area contributed by atoms with Crippen LogP contribution in [0.3, 0.4) is 0 Å². The summed E-state index contributed by atoms with van der Waals surface area (Å²) < 4.78 is 12.3. The van der Waals surface area contributed by atoms with Gasteiger partial charge in [-0.3, -0.25) is 4.79 Å². The second kappa shape index (κ2) is 6.82. The van der Waals surface area contributed by atoms with Crippen LogP contribution in [0.1, 0.15) is 53.8 Å². The molecule has 1 amide bonds. The lowest BCUT2D eigenvalue weighted by Gasteiger charge is -2.35. The molecule has 146 valence electrons. The van der Waals surface area contributed by atoms with Crippen LogP contribution in [0, 0.1) is 12.3 Å². The van der Waals surface area contributed by atoms with Gasteiger partial charge in [-0.2, -0.15) is 5.10 Å². The smallest absolute Gasteiger partial charge is 0.290 e. The first kappa shape index (κ1) is 18.3. The fourth-order valence-electron chi connectivity index (χ4n) is 3.82. The van der Waals surface area contributed by atoms with E-state index in [-0.39, 0.29) is 23.1 Å². The van der Waals surface area contributed by atoms with Gasteiger partial charge in [0.2, 0.25) is 5.76 Å². The van der Waals surface area contributed by atoms with Gasteiger partial charge in [-0.15, -0.1) is 0 Å². The van der Waals surface area contributed by atoms with Gasteiger partial charge in [0.15, 0.2) is 0 Å². The van der Waals surface area contributed by atoms with Crippen LogP contribution in [0.15, 0.2) is 41.1 Å². The SMILES string of the molecule is COc1ccc(-n2ncc3c2CC(C)(C)C[C@H]3NC(=O)c2cc(C)no2)cc1. The molecule has 1 atom stereocenters. The van der Waals surface area contributed by atoms with E-state index >= 15 is 0 Å². The van der Waals surface area contributed by atoms with Crippen molar-refractivity contribution in [2.75, 3.05) is 7.11 Å². The van der Waals surface area contributed by atoms with Crippen molar-refractivity contribution in [3.8, 4) is 11.4 Å². The van der Waals surface area contributed by atoms with Crippen LogP contribution in [0.4, 0.5) is 0 Å². The summed E-state index contributed by atoms with van der Waals surface area (Å²) in [6.45, 7) is 6.21. The van der Waals surface area contributed by atoms with Gasteiger partial charge in [-0.1, -0.05) is 19.0 Å². The van der Waals surface area contributed by atoms with Crippen LogP contribution in [-0.2, 0) is 6.42 Å². The van der Waals surface area contributed by atoms with E-state index < -0.39 is 0 Å². The van der Waals surface area contributed by atoms with Crippen molar-refractivity contribution < 1.29 is 14.1 Å². The number of ether oxygens (including phenoxy) is 1. The van der Waals surface area contributed by atoms with Gasteiger partial charge in [0.05, 0.1) is 36.4 Å². The Kier molecular flexibility index (Phi) is 4.45. The van der Waals surface area contributed by atoms with Crippen LogP contribution >= 0.6 is 0 Å². The molecule has 0 radical (unpaired) electrons. The Morgan fingerprint density at radius 1 is 1.32 bits per heavy atom. The van der Waals surface area contributed by atoms with Crippen molar-refractivity contribution in [1.82, 2.24) is 20.3 Å². The molecule has 4 rings (SSSR count). The van der Waals surface area contributed by atoms with Crippen molar-refractivity contribution in [3.63, 3.8) is 0 Å². The number of amides is 1. The molecule has 0 fully saturated rings. The second-order valence-corrected chi connectivity index (χ2v) is 8.06. The summed E-state index contributed by atoms with van der Waals surface area (Å²) in [6.07, 6.45) is 3.56. The minimum atomic E-state index is -0.258. The zero-order valence-electron chi connectivity index (χ0n) is 16.5. The molecule has 1 aliphatic rings. The maximum atomic E-state index is 12.6. The molecule has 7 nitrogen and oxygen atoms in total. The first-order valence-corrected chi connectivity index (χ1v) is 9.32. The first-order chi connectivity index (χ1) is 13.4. The lowest BCUT2D eigenvalue weighted by atomic mass is 9.74. The van der Waals surface area contributed by atoms with Gasteiger partial charge in [-0.05, 0) is 49.4 Å². The molecule has 2 heterocycles. The molecular weight excluding hydrogens is 356 g/mol. The lowest BCUT2D eigenvalue weighted by molar-refractivity contribution is 0.0881. The second-order valence-electron chi connectivity index (χ2n) is 8.06. The number of nitrogens with zero attached hydrogens (tertiary/aromatic N) is 3. The number of carbonyl (C=O) groups is 1. The van der Waals surface area contributed by atoms with Crippen molar-refractivity contribution in [1.29, 1.82) is 0 Å². The predicted octanol–water partition coefficient (Wildman–Crippen LogP) is 3.62. The lowest BCUT2D eigenvalue weighted by Crippen LogP contribution is -2.36. The molecule has 0 saturated carbocycles. The van der Waals surface area contributed by atoms with E-state index in [1.54, 1.807) is 20.1 Å². The summed E-state index contributed by atoms with van der Waals surface area (Å²) in [5.74, 6) is 0.772. The molecular formula is C21H24N4O3. The van der Waals surface area contributed by atoms with Gasteiger partial charge in [0.1, 0.15) is 5.75 Å². The van der Waals surface area contributed by atoms with Crippen molar-refractivity contribution in [2.45, 2.75) is 39.7 Å². The Morgan fingerprint density at radius 2 is 2.07 bits per heavy atom. The van der Waals surface area contributed by atoms with Crippen molar-refractivity contribution in [2.24, 2.45) is 5.41 Å². The number of hydrogen-bond donors (Lipinski definition) is 1. The molecule has 1 aromatic carbocycles. The van der Waals surface area contributed by atoms with Gasteiger partial charge in [0.25, 0.3) is 5.91 Å². The van der Waals surface area contributed by atoms with E-state index in [0.717, 1.165) is 35.5 Å². The number of rotatable bonds is 4. The average Bonchev–Trinajstić information content (AvgIpc) is 3.27. The third-order valence-electron chi connectivity index (χ3n) is 5.15. The molecule has 7 heteroatoms. The van der Waals surface area contributed by atoms with Crippen LogP contribution in [-0.4, -0.2) is 28.0 Å². The fourth-order valence-corrected chi connectivity index (χ4v) is 3.82. The number of carbonyl (C=O) groups excluding carboxylic acids is 1. The van der Waals surface area contributed by atoms with Crippen LogP contribution in [0.5, 0.6) is 5.75 Å². The zero-order valence-corrected chi connectivity index (χ0v) is 16.5. The Balaban J connectivity index is 1.66. The molecule has 2 aromatic heterocycles. The summed E-state index contributed by atoms with van der Waals surface area (Å²) in [6, 6.07) is 9.32. The highest BCUT2D eigenvalue weighted by atomic mass is 16.5. The summed E-state index contributed by atoms with van der Waals surface area (Å²) >= 11 is 0. The number of aryl methyl sites for hydroxylation is 1. The van der Waals surface area contributed by atoms with Crippen LogP contribution in [0.2, 0.25) is 0 Å². The summed E-state index contributed by atoms with van der Waals surface area (Å²) in [5.41, 5.74) is 3.82. The average molecular weight is 380 g/mol. The normalized spacial score (nSPS) is 17.8. The minimum absolute atomic E-state index is 0.0204. The molecule has 1 N–H and O–H groups in total. The van der Waals surface area contributed by atoms with E-state index in [9.17, 15) is 4.79 Å². The number of aromatic nitrogens is 3. The van der Waals surface area contributed by atoms with Gasteiger partial charge in [0, 0.05) is 11.6 Å². The maximum absolute atomic E-state index is 12.6. The highest BCUT2D eigenvalue weighted by Crippen LogP contribution is 2.41. The molecule has 3 aromatic rings. The van der Waals surface area contributed by atoms with Crippen molar-refractivity contribution >= 4 is 5.91 Å². The molecule has 0 spiro atoms. The zero-order chi connectivity index (χ0) is 19.9. The quantitative estimate of drug-likeness (QED) is 0.747. The summed E-state index contributed by atoms with van der Waals surface area (Å²) in [5, 5.41) is 11.5. The number of nitrogens with one attached hydrogen (secondary N) is 1. The Hall–Kier alpha value is -3.09. The Bertz CT molecular complexity index is 1000. The molecule has 0 bridgehead atoms. The van der Waals surface area contributed by atoms with Crippen LogP contribution in [0.25, 0.3) is 5.69 Å². The Morgan fingerprint density at radius 3 is 2.71 bits per heavy atom. The van der Waals surface area contributed by atoms with E-state index in [1.807, 2.05) is 35.1 Å². The standard InChI is InChI=1S/C21H24N4O3/c1-13-9-19(28-24-13)20(26)23-17-10-21(2,3)11-18-16(17)12-22-25(18)14-5-7-15(27-4)8-6-14/h5-9,12,17H,10-11H2,1-4H3,(H,23,26)/t17-/m1/s1. The largest absolute Gasteiger partial charge is 0.497 e. The van der Waals surface area contributed by atoms with E-state index in [2.05, 4.69) is 29.4 Å². The maximum Gasteiger partial charge on any atom is 0.290 e. The number of methoxy groups -OCH3 is 1. The topological polar surface area (TPSA) is 82.2 Å². The predicted molar refractivity (Wildman–Crippen MR) is 104 cm³/mol. The monoisotopic (exact) mass is 380 g/mol. The van der Waals surface area contributed by atoms with E-state index in [1.165, 1.54) is 0 Å². The number of benzene rings is 1. The molecule has 0 unspecified atom stereocenters. The fraction of sp³-hybridized carbons (Fsp3) is 0.381. The van der Waals surface area contributed by atoms with Crippen molar-refractivity contribution in [3.05, 3.63) is 59.2 Å². The highest BCUT2D eigenvalue weighted by molar-refractivity contribution is 5.91. The minimum Gasteiger partial charge on any atom is -0.497 e. The number of hydrogen-bond acceptors (Lipinski definition) is 5. The molecule has 28 heavy (non-hydrogen) atoms. The van der Waals surface area contributed by atoms with Gasteiger partial charge >= 0.3 is 0 Å². The highest BCUT2D eigenvalue weighted by Gasteiger charge is 2.36. The third-order valence-corrected chi connectivity index (χ3v) is 5.15. The summed E-state index contributed by atoms with van der Waals surface area (Å²) in [7, 11) is 1.65. The van der Waals surface area contributed by atoms with E-state index in [4.69, 9.17) is 9.26 Å². The first-order valence-electron chi connectivity index (χ1n) is 9.32. The molecule has 0 aliphatic heterocycles. The van der Waals surface area contributed by atoms with Gasteiger partial charge < -0.3 is 14.6 Å². The Labute approximate surface area is 163 Å². The summed E-state index contributed by atoms with van der Waals surface area (Å²) in [4.78, 5) is 12.6. The third kappa shape index (κ3) is 3.40. The van der Waals surface area contributed by atoms with Gasteiger partial charge in [-0.25, -0.2) is 4.68 Å². The number of fused-ring (bicyclic) bond motifs is 1. The molecule has 1 aliphatic carbocycles. The van der Waals surface area contributed by atoms with E-state index in [0.29, 0.717) is 5.69 Å². The molecule has 0 saturated heterocycles. The van der Waals surface area contributed by atoms with Crippen LogP contribution < -0.4 is 10.1 Å².